The molecule has 0 saturated carbocycles. The predicted octanol–water partition coefficient (Wildman–Crippen LogP) is 2.68. The number of hydrogen-bond donors (Lipinski definition) is 1. The van der Waals surface area contributed by atoms with Gasteiger partial charge < -0.3 is 19.7 Å². The molecule has 2 aliphatic rings. The Labute approximate surface area is 131 Å². The number of ether oxygens (including phenoxy) is 2. The molecule has 120 valence electrons. The molecule has 1 unspecified atom stereocenters. The van der Waals surface area contributed by atoms with Crippen molar-refractivity contribution in [1.82, 2.24) is 10.2 Å². The van der Waals surface area contributed by atoms with Crippen LogP contribution in [0.1, 0.15) is 38.3 Å². The molecule has 3 rings (SSSR count). The van der Waals surface area contributed by atoms with Crippen LogP contribution < -0.4 is 10.1 Å². The van der Waals surface area contributed by atoms with Crippen molar-refractivity contribution in [2.24, 2.45) is 0 Å². The van der Waals surface area contributed by atoms with Gasteiger partial charge >= 0.3 is 6.09 Å². The zero-order valence-electron chi connectivity index (χ0n) is 13.5. The van der Waals surface area contributed by atoms with E-state index in [1.165, 1.54) is 11.1 Å². The lowest BCUT2D eigenvalue weighted by molar-refractivity contribution is 0.0275. The number of nitrogens with zero attached hydrogens (tertiary/aromatic N) is 1. The number of rotatable bonds is 2. The minimum absolute atomic E-state index is 0.0416. The summed E-state index contributed by atoms with van der Waals surface area (Å²) in [4.78, 5) is 13.8. The van der Waals surface area contributed by atoms with Gasteiger partial charge in [0.1, 0.15) is 17.5 Å². The number of benzene rings is 1. The molecule has 0 aromatic heterocycles. The summed E-state index contributed by atoms with van der Waals surface area (Å²) in [6.07, 6.45) is 0.630. The summed E-state index contributed by atoms with van der Waals surface area (Å²) in [6.45, 7) is 8.76. The highest BCUT2D eigenvalue weighted by Crippen LogP contribution is 2.25. The Kier molecular flexibility index (Phi) is 4.00. The molecule has 1 amide bonds. The maximum Gasteiger partial charge on any atom is 0.410 e. The minimum atomic E-state index is -0.455. The van der Waals surface area contributed by atoms with Crippen LogP contribution in [0.25, 0.3) is 0 Å². The average molecular weight is 304 g/mol. The summed E-state index contributed by atoms with van der Waals surface area (Å²) >= 11 is 0. The van der Waals surface area contributed by atoms with Crippen molar-refractivity contribution < 1.29 is 14.3 Å². The van der Waals surface area contributed by atoms with Gasteiger partial charge in [-0.1, -0.05) is 6.07 Å². The zero-order valence-corrected chi connectivity index (χ0v) is 13.5. The van der Waals surface area contributed by atoms with Gasteiger partial charge in [-0.25, -0.2) is 4.79 Å². The lowest BCUT2D eigenvalue weighted by Crippen LogP contribution is -2.36. The average Bonchev–Trinajstić information content (AvgIpc) is 3.04. The van der Waals surface area contributed by atoms with E-state index in [0.717, 1.165) is 25.3 Å². The van der Waals surface area contributed by atoms with Gasteiger partial charge in [-0.15, -0.1) is 0 Å². The molecular weight excluding hydrogens is 280 g/mol. The first-order chi connectivity index (χ1) is 10.4. The molecule has 22 heavy (non-hydrogen) atoms. The Morgan fingerprint density at radius 3 is 2.82 bits per heavy atom. The molecular formula is C17H24N2O3. The fourth-order valence-electron chi connectivity index (χ4n) is 2.85. The van der Waals surface area contributed by atoms with E-state index in [1.807, 2.05) is 26.8 Å². The van der Waals surface area contributed by atoms with E-state index in [1.54, 1.807) is 4.90 Å². The van der Waals surface area contributed by atoms with Crippen LogP contribution in [0.4, 0.5) is 4.79 Å². The summed E-state index contributed by atoms with van der Waals surface area (Å²) in [5.74, 6) is 0.887. The molecule has 1 N–H and O–H groups in total. The number of likely N-dealkylation sites (tertiary alicyclic amines) is 1. The van der Waals surface area contributed by atoms with E-state index in [4.69, 9.17) is 9.47 Å². The monoisotopic (exact) mass is 304 g/mol. The third-order valence-electron chi connectivity index (χ3n) is 3.91. The Morgan fingerprint density at radius 2 is 2.05 bits per heavy atom. The molecule has 0 aliphatic carbocycles. The topological polar surface area (TPSA) is 50.8 Å². The van der Waals surface area contributed by atoms with Gasteiger partial charge in [0.2, 0.25) is 0 Å². The molecule has 1 atom stereocenters. The lowest BCUT2D eigenvalue weighted by Gasteiger charge is -2.24. The van der Waals surface area contributed by atoms with Gasteiger partial charge in [0.15, 0.2) is 0 Å². The minimum Gasteiger partial charge on any atom is -0.489 e. The number of carbonyl (C=O) groups excluding carboxylic acids is 1. The summed E-state index contributed by atoms with van der Waals surface area (Å²) in [6, 6.07) is 6.23. The van der Waals surface area contributed by atoms with Gasteiger partial charge in [0, 0.05) is 26.1 Å². The second-order valence-electron chi connectivity index (χ2n) is 6.99. The van der Waals surface area contributed by atoms with Crippen LogP contribution in [0.3, 0.4) is 0 Å². The predicted molar refractivity (Wildman–Crippen MR) is 83.8 cm³/mol. The van der Waals surface area contributed by atoms with Crippen molar-refractivity contribution in [3.63, 3.8) is 0 Å². The quantitative estimate of drug-likeness (QED) is 0.912. The van der Waals surface area contributed by atoms with Gasteiger partial charge in [-0.3, -0.25) is 0 Å². The Hall–Kier alpha value is -1.75. The molecule has 0 spiro atoms. The molecule has 0 bridgehead atoms. The number of carbonyl (C=O) groups is 1. The highest BCUT2D eigenvalue weighted by atomic mass is 16.6. The summed E-state index contributed by atoms with van der Waals surface area (Å²) in [7, 11) is 0. The van der Waals surface area contributed by atoms with Crippen LogP contribution in [0, 0.1) is 0 Å². The number of amides is 1. The van der Waals surface area contributed by atoms with Crippen molar-refractivity contribution in [2.75, 3.05) is 13.1 Å². The van der Waals surface area contributed by atoms with E-state index >= 15 is 0 Å². The first kappa shape index (κ1) is 15.2. The van der Waals surface area contributed by atoms with E-state index < -0.39 is 5.60 Å². The maximum absolute atomic E-state index is 12.1. The maximum atomic E-state index is 12.1. The lowest BCUT2D eigenvalue weighted by atomic mass is 10.1. The normalized spacial score (nSPS) is 20.9. The van der Waals surface area contributed by atoms with Gasteiger partial charge in [0.25, 0.3) is 0 Å². The van der Waals surface area contributed by atoms with E-state index in [2.05, 4.69) is 17.4 Å². The molecule has 1 aromatic carbocycles. The van der Waals surface area contributed by atoms with E-state index in [9.17, 15) is 4.79 Å². The van der Waals surface area contributed by atoms with Crippen LogP contribution in [-0.4, -0.2) is 35.8 Å². The van der Waals surface area contributed by atoms with Crippen molar-refractivity contribution in [3.8, 4) is 5.75 Å². The molecule has 5 nitrogen and oxygen atoms in total. The van der Waals surface area contributed by atoms with Gasteiger partial charge in [-0.05, 0) is 44.0 Å². The standard InChI is InChI=1S/C17H24N2O3/c1-17(2,3)22-16(20)19-7-6-15(11-19)21-14-5-4-12-9-18-10-13(12)8-14/h4-5,8,15,18H,6-7,9-11H2,1-3H3. The van der Waals surface area contributed by atoms with Crippen molar-refractivity contribution in [3.05, 3.63) is 29.3 Å². The molecule has 2 aliphatic heterocycles. The molecule has 2 heterocycles. The third-order valence-corrected chi connectivity index (χ3v) is 3.91. The van der Waals surface area contributed by atoms with Gasteiger partial charge in [0.05, 0.1) is 6.54 Å². The fourth-order valence-corrected chi connectivity index (χ4v) is 2.85. The third kappa shape index (κ3) is 3.53. The van der Waals surface area contributed by atoms with Crippen LogP contribution in [0.5, 0.6) is 5.75 Å². The highest BCUT2D eigenvalue weighted by molar-refractivity contribution is 5.68. The molecule has 1 fully saturated rings. The van der Waals surface area contributed by atoms with Crippen molar-refractivity contribution in [2.45, 2.75) is 52.0 Å². The summed E-state index contributed by atoms with van der Waals surface area (Å²) in [5.41, 5.74) is 2.19. The fraction of sp³-hybridized carbons (Fsp3) is 0.588. The zero-order chi connectivity index (χ0) is 15.7. The SMILES string of the molecule is CC(C)(C)OC(=O)N1CCC(Oc2ccc3c(c2)CNC3)C1. The number of nitrogens with one attached hydrogen (secondary N) is 1. The summed E-state index contributed by atoms with van der Waals surface area (Å²) < 4.78 is 11.4. The number of fused-ring (bicyclic) bond motifs is 1. The smallest absolute Gasteiger partial charge is 0.410 e. The largest absolute Gasteiger partial charge is 0.489 e. The highest BCUT2D eigenvalue weighted by Gasteiger charge is 2.31. The van der Waals surface area contributed by atoms with Gasteiger partial charge in [-0.2, -0.15) is 0 Å². The molecule has 0 radical (unpaired) electrons. The molecule has 5 heteroatoms. The van der Waals surface area contributed by atoms with E-state index in [-0.39, 0.29) is 12.2 Å². The van der Waals surface area contributed by atoms with Crippen LogP contribution >= 0.6 is 0 Å². The first-order valence-electron chi connectivity index (χ1n) is 7.88. The van der Waals surface area contributed by atoms with Crippen LogP contribution in [-0.2, 0) is 17.8 Å². The molecule has 1 saturated heterocycles. The van der Waals surface area contributed by atoms with Crippen molar-refractivity contribution >= 4 is 6.09 Å². The Bertz CT molecular complexity index is 566. The summed E-state index contributed by atoms with van der Waals surface area (Å²) in [5, 5.41) is 3.33. The van der Waals surface area contributed by atoms with Crippen LogP contribution in [0.15, 0.2) is 18.2 Å². The van der Waals surface area contributed by atoms with Crippen molar-refractivity contribution in [1.29, 1.82) is 0 Å². The Balaban J connectivity index is 1.56. The Morgan fingerprint density at radius 1 is 1.27 bits per heavy atom. The number of hydrogen-bond acceptors (Lipinski definition) is 4. The second kappa shape index (κ2) is 5.80. The van der Waals surface area contributed by atoms with E-state index in [0.29, 0.717) is 13.1 Å². The second-order valence-corrected chi connectivity index (χ2v) is 6.99. The van der Waals surface area contributed by atoms with Crippen LogP contribution in [0.2, 0.25) is 0 Å². The molecule has 1 aromatic rings. The first-order valence-corrected chi connectivity index (χ1v) is 7.88.